The van der Waals surface area contributed by atoms with E-state index in [1.165, 1.54) is 0 Å². The number of anilines is 2. The molecule has 8 nitrogen and oxygen atoms in total. The zero-order chi connectivity index (χ0) is 27.9. The van der Waals surface area contributed by atoms with Gasteiger partial charge in [0, 0.05) is 24.2 Å². The summed E-state index contributed by atoms with van der Waals surface area (Å²) in [5.74, 6) is 2.05. The Balaban J connectivity index is 1.37. The van der Waals surface area contributed by atoms with Crippen LogP contribution in [-0.4, -0.2) is 32.1 Å². The van der Waals surface area contributed by atoms with Crippen molar-refractivity contribution in [2.75, 3.05) is 30.7 Å². The standard InChI is InChI=1S/C32H33N3O5/c1-32(2)15-24-30(26(36)16-32)31(21-9-11-22(38-3)12-10-21)35(25-7-5-4-6-23(25)34-24)18-29(37)33-17-20-8-13-27-28(14-20)40-19-39-27/h4-14,31,34H,15-19H2,1-3H3,(H,33,37). The molecule has 0 saturated heterocycles. The topological polar surface area (TPSA) is 89.1 Å². The van der Waals surface area contributed by atoms with Gasteiger partial charge in [-0.15, -0.1) is 0 Å². The molecule has 1 atom stereocenters. The van der Waals surface area contributed by atoms with Crippen LogP contribution in [0.3, 0.4) is 0 Å². The lowest BCUT2D eigenvalue weighted by atomic mass is 9.73. The fraction of sp³-hybridized carbons (Fsp3) is 0.312. The normalized spacial score (nSPS) is 18.8. The number of amides is 1. The summed E-state index contributed by atoms with van der Waals surface area (Å²) in [6.45, 7) is 4.85. The lowest BCUT2D eigenvalue weighted by Gasteiger charge is -2.38. The minimum Gasteiger partial charge on any atom is -0.497 e. The van der Waals surface area contributed by atoms with Crippen molar-refractivity contribution in [1.29, 1.82) is 0 Å². The van der Waals surface area contributed by atoms with Crippen LogP contribution in [0.4, 0.5) is 11.4 Å². The Morgan fingerprint density at radius 2 is 1.82 bits per heavy atom. The molecular weight excluding hydrogens is 506 g/mol. The van der Waals surface area contributed by atoms with Gasteiger partial charge in [0.15, 0.2) is 17.3 Å². The molecule has 40 heavy (non-hydrogen) atoms. The second-order valence-corrected chi connectivity index (χ2v) is 11.2. The van der Waals surface area contributed by atoms with E-state index in [1.807, 2.05) is 71.6 Å². The van der Waals surface area contributed by atoms with Crippen molar-refractivity contribution in [2.45, 2.75) is 39.3 Å². The molecule has 3 aromatic carbocycles. The minimum absolute atomic E-state index is 0.0629. The van der Waals surface area contributed by atoms with Crippen LogP contribution >= 0.6 is 0 Å². The van der Waals surface area contributed by atoms with Crippen LogP contribution in [-0.2, 0) is 16.1 Å². The molecule has 1 aliphatic carbocycles. The number of allylic oxidation sites excluding steroid dienone is 1. The van der Waals surface area contributed by atoms with Crippen LogP contribution < -0.4 is 29.7 Å². The Labute approximate surface area is 233 Å². The first-order valence-electron chi connectivity index (χ1n) is 13.5. The van der Waals surface area contributed by atoms with Gasteiger partial charge in [-0.1, -0.05) is 44.2 Å². The molecule has 0 aromatic heterocycles. The van der Waals surface area contributed by atoms with Crippen molar-refractivity contribution in [3.05, 3.63) is 89.1 Å². The smallest absolute Gasteiger partial charge is 0.239 e. The van der Waals surface area contributed by atoms with Gasteiger partial charge in [0.2, 0.25) is 12.7 Å². The van der Waals surface area contributed by atoms with Crippen molar-refractivity contribution in [3.63, 3.8) is 0 Å². The molecule has 2 aliphatic heterocycles. The van der Waals surface area contributed by atoms with Gasteiger partial charge in [-0.2, -0.15) is 0 Å². The summed E-state index contributed by atoms with van der Waals surface area (Å²) < 4.78 is 16.3. The number of ether oxygens (including phenoxy) is 3. The lowest BCUT2D eigenvalue weighted by Crippen LogP contribution is -2.41. The Bertz CT molecular complexity index is 1490. The average Bonchev–Trinajstić information content (AvgIpc) is 3.36. The van der Waals surface area contributed by atoms with Crippen LogP contribution in [0, 0.1) is 5.41 Å². The SMILES string of the molecule is COc1ccc(C2C3=C(CC(C)(C)CC3=O)Nc3ccccc3N2CC(=O)NCc2ccc3c(c2)OCO3)cc1. The molecule has 0 spiro atoms. The first-order chi connectivity index (χ1) is 19.3. The number of benzene rings is 3. The molecule has 1 amide bonds. The molecule has 2 heterocycles. The van der Waals surface area contributed by atoms with Gasteiger partial charge in [0.05, 0.1) is 31.1 Å². The predicted molar refractivity (Wildman–Crippen MR) is 153 cm³/mol. The number of ketones is 1. The van der Waals surface area contributed by atoms with Gasteiger partial charge >= 0.3 is 0 Å². The number of nitrogens with one attached hydrogen (secondary N) is 2. The fourth-order valence-corrected chi connectivity index (χ4v) is 5.82. The number of fused-ring (bicyclic) bond motifs is 2. The van der Waals surface area contributed by atoms with Crippen molar-refractivity contribution in [3.8, 4) is 17.2 Å². The van der Waals surface area contributed by atoms with E-state index < -0.39 is 6.04 Å². The number of methoxy groups -OCH3 is 1. The van der Waals surface area contributed by atoms with E-state index in [9.17, 15) is 9.59 Å². The van der Waals surface area contributed by atoms with Crippen LogP contribution in [0.1, 0.15) is 43.9 Å². The van der Waals surface area contributed by atoms with E-state index in [4.69, 9.17) is 14.2 Å². The average molecular weight is 540 g/mol. The van der Waals surface area contributed by atoms with Gasteiger partial charge in [0.1, 0.15) is 5.75 Å². The summed E-state index contributed by atoms with van der Waals surface area (Å²) in [6.07, 6.45) is 1.18. The molecule has 3 aromatic rings. The molecule has 0 bridgehead atoms. The molecular formula is C32H33N3O5. The minimum atomic E-state index is -0.447. The molecule has 0 radical (unpaired) electrons. The molecule has 8 heteroatoms. The van der Waals surface area contributed by atoms with Gasteiger partial charge in [0.25, 0.3) is 0 Å². The third-order valence-corrected chi connectivity index (χ3v) is 7.68. The number of hydrogen-bond donors (Lipinski definition) is 2. The highest BCUT2D eigenvalue weighted by Gasteiger charge is 2.41. The number of carbonyl (C=O) groups excluding carboxylic acids is 2. The van der Waals surface area contributed by atoms with E-state index >= 15 is 0 Å². The number of carbonyl (C=O) groups is 2. The first kappa shape index (κ1) is 25.8. The first-order valence-corrected chi connectivity index (χ1v) is 13.5. The molecule has 3 aliphatic rings. The van der Waals surface area contributed by atoms with Crippen molar-refractivity contribution in [1.82, 2.24) is 5.32 Å². The summed E-state index contributed by atoms with van der Waals surface area (Å²) in [7, 11) is 1.63. The van der Waals surface area contributed by atoms with Crippen molar-refractivity contribution in [2.24, 2.45) is 5.41 Å². The molecule has 206 valence electrons. The summed E-state index contributed by atoms with van der Waals surface area (Å²) in [6, 6.07) is 20.9. The summed E-state index contributed by atoms with van der Waals surface area (Å²) in [5, 5.41) is 6.65. The van der Waals surface area contributed by atoms with Crippen LogP contribution in [0.25, 0.3) is 0 Å². The van der Waals surface area contributed by atoms with Crippen LogP contribution in [0.15, 0.2) is 78.0 Å². The third kappa shape index (κ3) is 4.97. The maximum absolute atomic E-state index is 13.8. The maximum Gasteiger partial charge on any atom is 0.239 e. The molecule has 0 fully saturated rings. The van der Waals surface area contributed by atoms with Crippen LogP contribution in [0.5, 0.6) is 17.2 Å². The highest BCUT2D eigenvalue weighted by atomic mass is 16.7. The third-order valence-electron chi connectivity index (χ3n) is 7.68. The number of para-hydroxylation sites is 2. The van der Waals surface area contributed by atoms with Gasteiger partial charge in [-0.25, -0.2) is 0 Å². The van der Waals surface area contributed by atoms with Crippen molar-refractivity contribution < 1.29 is 23.8 Å². The summed E-state index contributed by atoms with van der Waals surface area (Å²) >= 11 is 0. The summed E-state index contributed by atoms with van der Waals surface area (Å²) in [4.78, 5) is 29.4. The zero-order valence-corrected chi connectivity index (χ0v) is 23.0. The highest BCUT2D eigenvalue weighted by molar-refractivity contribution is 6.01. The quantitative estimate of drug-likeness (QED) is 0.436. The van der Waals surface area contributed by atoms with Gasteiger partial charge in [-0.05, 0) is 59.4 Å². The molecule has 6 rings (SSSR count). The fourth-order valence-electron chi connectivity index (χ4n) is 5.82. The van der Waals surface area contributed by atoms with Gasteiger partial charge < -0.3 is 29.7 Å². The number of nitrogens with zero attached hydrogens (tertiary/aromatic N) is 1. The lowest BCUT2D eigenvalue weighted by molar-refractivity contribution is -0.120. The molecule has 2 N–H and O–H groups in total. The molecule has 0 saturated carbocycles. The molecule has 1 unspecified atom stereocenters. The zero-order valence-electron chi connectivity index (χ0n) is 23.0. The van der Waals surface area contributed by atoms with E-state index in [0.29, 0.717) is 30.0 Å². The number of hydrogen-bond acceptors (Lipinski definition) is 7. The Kier molecular flexibility index (Phi) is 6.62. The predicted octanol–water partition coefficient (Wildman–Crippen LogP) is 5.36. The largest absolute Gasteiger partial charge is 0.497 e. The number of Topliss-reactive ketones (excluding diaryl/α,β-unsaturated/α-hetero) is 1. The summed E-state index contributed by atoms with van der Waals surface area (Å²) in [5.41, 5.74) is 5.03. The monoisotopic (exact) mass is 539 g/mol. The second-order valence-electron chi connectivity index (χ2n) is 11.2. The van der Waals surface area contributed by atoms with E-state index in [0.717, 1.165) is 40.4 Å². The Hall–Kier alpha value is -4.46. The Morgan fingerprint density at radius 1 is 1.05 bits per heavy atom. The second kappa shape index (κ2) is 10.3. The van der Waals surface area contributed by atoms with E-state index in [1.54, 1.807) is 7.11 Å². The van der Waals surface area contributed by atoms with Crippen LogP contribution in [0.2, 0.25) is 0 Å². The van der Waals surface area contributed by atoms with Gasteiger partial charge in [-0.3, -0.25) is 9.59 Å². The maximum atomic E-state index is 13.8. The highest BCUT2D eigenvalue weighted by Crippen LogP contribution is 2.48. The van der Waals surface area contributed by atoms with Crippen molar-refractivity contribution >= 4 is 23.1 Å². The van der Waals surface area contributed by atoms with E-state index in [-0.39, 0.29) is 30.4 Å². The number of rotatable bonds is 6. The Morgan fingerprint density at radius 3 is 2.62 bits per heavy atom. The van der Waals surface area contributed by atoms with E-state index in [2.05, 4.69) is 24.5 Å².